The van der Waals surface area contributed by atoms with Crippen molar-refractivity contribution in [3.8, 4) is 0 Å². The lowest BCUT2D eigenvalue weighted by atomic mass is 9.97. The van der Waals surface area contributed by atoms with Crippen molar-refractivity contribution in [1.29, 1.82) is 0 Å². The molecule has 0 saturated carbocycles. The molecule has 10 heteroatoms. The summed E-state index contributed by atoms with van der Waals surface area (Å²) < 4.78 is 6.76. The number of nitrogens with one attached hydrogen (secondary N) is 2. The first-order valence-electron chi connectivity index (χ1n) is 8.78. The minimum atomic E-state index is -1.34. The summed E-state index contributed by atoms with van der Waals surface area (Å²) in [6, 6.07) is 2.46. The summed E-state index contributed by atoms with van der Waals surface area (Å²) in [4.78, 5) is 41.8. The van der Waals surface area contributed by atoms with Crippen LogP contribution in [0.15, 0.2) is 34.1 Å². The predicted molar refractivity (Wildman–Crippen MR) is 98.0 cm³/mol. The van der Waals surface area contributed by atoms with Crippen LogP contribution in [0.1, 0.15) is 21.6 Å². The number of hydrogen-bond acceptors (Lipinski definition) is 7. The van der Waals surface area contributed by atoms with Crippen LogP contribution in [0.3, 0.4) is 0 Å². The van der Waals surface area contributed by atoms with Crippen LogP contribution >= 0.6 is 0 Å². The molecule has 3 rings (SSSR count). The van der Waals surface area contributed by atoms with Gasteiger partial charge in [0, 0.05) is 18.0 Å². The second-order valence-corrected chi connectivity index (χ2v) is 6.88. The van der Waals surface area contributed by atoms with E-state index in [1.807, 2.05) is 6.92 Å². The second kappa shape index (κ2) is 8.05. The number of pyridine rings is 1. The molecule has 1 saturated heterocycles. The second-order valence-electron chi connectivity index (χ2n) is 6.88. The Kier molecular flexibility index (Phi) is 5.73. The Labute approximate surface area is 159 Å². The van der Waals surface area contributed by atoms with Gasteiger partial charge >= 0.3 is 5.69 Å². The van der Waals surface area contributed by atoms with Gasteiger partial charge in [-0.05, 0) is 25.5 Å². The molecule has 0 bridgehead atoms. The molecule has 4 atom stereocenters. The number of amides is 1. The van der Waals surface area contributed by atoms with E-state index >= 15 is 0 Å². The first-order valence-corrected chi connectivity index (χ1v) is 8.78. The van der Waals surface area contributed by atoms with E-state index in [4.69, 9.17) is 4.74 Å². The lowest BCUT2D eigenvalue weighted by Gasteiger charge is -2.38. The Bertz CT molecular complexity index is 967. The summed E-state index contributed by atoms with van der Waals surface area (Å²) >= 11 is 0. The first-order chi connectivity index (χ1) is 13.3. The van der Waals surface area contributed by atoms with Gasteiger partial charge in [0.2, 0.25) is 0 Å². The summed E-state index contributed by atoms with van der Waals surface area (Å²) in [6.07, 6.45) is -0.613. The van der Waals surface area contributed by atoms with Gasteiger partial charge in [-0.2, -0.15) is 0 Å². The van der Waals surface area contributed by atoms with Crippen LogP contribution in [0, 0.1) is 13.8 Å². The highest BCUT2D eigenvalue weighted by Gasteiger charge is 2.39. The van der Waals surface area contributed by atoms with Gasteiger partial charge in [-0.1, -0.05) is 6.07 Å². The summed E-state index contributed by atoms with van der Waals surface area (Å²) in [7, 11) is 0. The fourth-order valence-electron chi connectivity index (χ4n) is 2.96. The molecule has 1 fully saturated rings. The molecule has 1 aliphatic heterocycles. The Hall–Kier alpha value is -2.82. The number of rotatable bonds is 4. The third-order valence-corrected chi connectivity index (χ3v) is 4.66. The zero-order valence-electron chi connectivity index (χ0n) is 15.5. The van der Waals surface area contributed by atoms with Gasteiger partial charge in [-0.25, -0.2) is 4.79 Å². The van der Waals surface area contributed by atoms with E-state index in [1.54, 1.807) is 25.3 Å². The van der Waals surface area contributed by atoms with E-state index in [2.05, 4.69) is 15.3 Å². The fourth-order valence-corrected chi connectivity index (χ4v) is 2.96. The quantitative estimate of drug-likeness (QED) is 0.495. The average molecular weight is 390 g/mol. The molecule has 1 amide bonds. The van der Waals surface area contributed by atoms with E-state index in [0.29, 0.717) is 5.56 Å². The summed E-state index contributed by atoms with van der Waals surface area (Å²) in [5.41, 5.74) is 0.301. The molecule has 150 valence electrons. The number of aliphatic hydroxyl groups is 2. The van der Waals surface area contributed by atoms with Gasteiger partial charge in [-0.3, -0.25) is 24.1 Å². The zero-order valence-corrected chi connectivity index (χ0v) is 15.5. The normalized spacial score (nSPS) is 24.7. The number of hydrogen-bond donors (Lipinski definition) is 4. The van der Waals surface area contributed by atoms with Crippen LogP contribution in [-0.2, 0) is 11.3 Å². The molecular weight excluding hydrogens is 368 g/mol. The lowest BCUT2D eigenvalue weighted by Crippen LogP contribution is -2.60. The van der Waals surface area contributed by atoms with Gasteiger partial charge in [0.15, 0.2) is 0 Å². The Morgan fingerprint density at radius 2 is 2.07 bits per heavy atom. The molecule has 3 heterocycles. The van der Waals surface area contributed by atoms with Crippen molar-refractivity contribution in [2.24, 2.45) is 0 Å². The minimum Gasteiger partial charge on any atom is -0.388 e. The van der Waals surface area contributed by atoms with Crippen molar-refractivity contribution in [3.05, 3.63) is 62.2 Å². The maximum absolute atomic E-state index is 12.3. The largest absolute Gasteiger partial charge is 0.388 e. The van der Waals surface area contributed by atoms with Crippen molar-refractivity contribution in [3.63, 3.8) is 0 Å². The van der Waals surface area contributed by atoms with E-state index < -0.39 is 41.5 Å². The third kappa shape index (κ3) is 4.19. The highest BCUT2D eigenvalue weighted by Crippen LogP contribution is 2.17. The molecule has 0 unspecified atom stereocenters. The van der Waals surface area contributed by atoms with Crippen LogP contribution in [-0.4, -0.2) is 61.6 Å². The van der Waals surface area contributed by atoms with Crippen LogP contribution in [0.4, 0.5) is 0 Å². The molecule has 0 spiro atoms. The maximum Gasteiger partial charge on any atom is 0.328 e. The molecular formula is C18H22N4O6. The predicted octanol–water partition coefficient (Wildman–Crippen LogP) is -1.53. The number of ether oxygens (including phenoxy) is 1. The lowest BCUT2D eigenvalue weighted by molar-refractivity contribution is -0.152. The Morgan fingerprint density at radius 3 is 2.75 bits per heavy atom. The number of carbonyl (C=O) groups is 1. The zero-order chi connectivity index (χ0) is 20.4. The third-order valence-electron chi connectivity index (χ3n) is 4.66. The maximum atomic E-state index is 12.3. The van der Waals surface area contributed by atoms with Gasteiger partial charge in [-0.15, -0.1) is 0 Å². The smallest absolute Gasteiger partial charge is 0.328 e. The van der Waals surface area contributed by atoms with Crippen molar-refractivity contribution in [1.82, 2.24) is 19.9 Å². The van der Waals surface area contributed by atoms with E-state index in [9.17, 15) is 24.6 Å². The number of aryl methyl sites for hydroxylation is 2. The number of H-pyrrole nitrogens is 1. The number of nitrogens with zero attached hydrogens (tertiary/aromatic N) is 2. The molecule has 4 N–H and O–H groups in total. The topological polar surface area (TPSA) is 147 Å². The Morgan fingerprint density at radius 1 is 1.32 bits per heavy atom. The fraction of sp³-hybridized carbons (Fsp3) is 0.444. The number of aromatic nitrogens is 3. The van der Waals surface area contributed by atoms with Crippen LogP contribution < -0.4 is 16.6 Å². The van der Waals surface area contributed by atoms with Crippen LogP contribution in [0.5, 0.6) is 0 Å². The summed E-state index contributed by atoms with van der Waals surface area (Å²) in [5, 5.41) is 23.4. The van der Waals surface area contributed by atoms with Crippen molar-refractivity contribution >= 4 is 5.91 Å². The van der Waals surface area contributed by atoms with Crippen LogP contribution in [0.25, 0.3) is 0 Å². The number of aliphatic hydroxyl groups excluding tert-OH is 2. The van der Waals surface area contributed by atoms with Crippen molar-refractivity contribution in [2.75, 3.05) is 6.61 Å². The van der Waals surface area contributed by atoms with Gasteiger partial charge in [0.25, 0.3) is 11.5 Å². The SMILES string of the molecule is Cc1ccc(C(=O)N[C@@H]2CO[C@H](Cn3cc(C)c(=O)[nH]c3=O)[C@@H](O)[C@H]2O)nc1. The number of aromatic amines is 1. The molecule has 0 aliphatic carbocycles. The average Bonchev–Trinajstić information content (AvgIpc) is 2.66. The van der Waals surface area contributed by atoms with Crippen molar-refractivity contribution < 1.29 is 19.7 Å². The summed E-state index contributed by atoms with van der Waals surface area (Å²) in [6.45, 7) is 3.28. The molecule has 2 aromatic heterocycles. The molecule has 10 nitrogen and oxygen atoms in total. The van der Waals surface area contributed by atoms with Crippen molar-refractivity contribution in [2.45, 2.75) is 44.7 Å². The minimum absolute atomic E-state index is 0.0580. The molecule has 1 aliphatic rings. The van der Waals surface area contributed by atoms with E-state index in [0.717, 1.165) is 5.56 Å². The molecule has 2 aromatic rings. The number of carbonyl (C=O) groups excluding carboxylic acids is 1. The molecule has 28 heavy (non-hydrogen) atoms. The monoisotopic (exact) mass is 390 g/mol. The molecule has 0 aromatic carbocycles. The summed E-state index contributed by atoms with van der Waals surface area (Å²) in [5.74, 6) is -0.495. The standard InChI is InChI=1S/C18H22N4O6/c1-9-3-4-11(19-5-9)17(26)20-12-8-28-13(15(24)14(12)23)7-22-6-10(2)16(25)21-18(22)27/h3-6,12-15,23-24H,7-8H2,1-2H3,(H,20,26)(H,21,25,27)/t12-,13-,14+,15-/m1/s1. The van der Waals surface area contributed by atoms with E-state index in [-0.39, 0.29) is 18.8 Å². The highest BCUT2D eigenvalue weighted by molar-refractivity contribution is 5.92. The highest BCUT2D eigenvalue weighted by atomic mass is 16.5. The first kappa shape index (κ1) is 19.9. The van der Waals surface area contributed by atoms with E-state index in [1.165, 1.54) is 10.8 Å². The van der Waals surface area contributed by atoms with Gasteiger partial charge < -0.3 is 20.3 Å². The Balaban J connectivity index is 1.66. The van der Waals surface area contributed by atoms with Gasteiger partial charge in [0.1, 0.15) is 24.0 Å². The van der Waals surface area contributed by atoms with Crippen LogP contribution in [0.2, 0.25) is 0 Å². The molecule has 0 radical (unpaired) electrons. The van der Waals surface area contributed by atoms with Gasteiger partial charge in [0.05, 0.1) is 19.2 Å².